The highest BCUT2D eigenvalue weighted by atomic mass is 35.5. The van der Waals surface area contributed by atoms with Gasteiger partial charge in [0.25, 0.3) is 0 Å². The fourth-order valence-electron chi connectivity index (χ4n) is 2.24. The predicted molar refractivity (Wildman–Crippen MR) is 66.8 cm³/mol. The zero-order chi connectivity index (χ0) is 11.2. The molecular formula is C13H16ClN. The van der Waals surface area contributed by atoms with Gasteiger partial charge in [-0.3, -0.25) is 0 Å². The van der Waals surface area contributed by atoms with Gasteiger partial charge in [0.05, 0.1) is 0 Å². The molecule has 0 saturated heterocycles. The molecule has 2 aromatic rings. The molecule has 1 heterocycles. The number of rotatable bonds is 1. The minimum Gasteiger partial charge on any atom is -0.342 e. The van der Waals surface area contributed by atoms with Crippen LogP contribution >= 0.6 is 11.6 Å². The van der Waals surface area contributed by atoms with Crippen molar-refractivity contribution in [3.8, 4) is 0 Å². The van der Waals surface area contributed by atoms with Crippen LogP contribution in [0, 0.1) is 13.8 Å². The molecule has 1 aromatic carbocycles. The van der Waals surface area contributed by atoms with Crippen LogP contribution in [0.2, 0.25) is 5.02 Å². The molecule has 0 aliphatic carbocycles. The van der Waals surface area contributed by atoms with E-state index in [9.17, 15) is 0 Å². The Labute approximate surface area is 95.7 Å². The van der Waals surface area contributed by atoms with Crippen LogP contribution in [-0.4, -0.2) is 4.57 Å². The smallest absolute Gasteiger partial charge is 0.0488 e. The summed E-state index contributed by atoms with van der Waals surface area (Å²) in [5.41, 5.74) is 3.95. The average Bonchev–Trinajstić information content (AvgIpc) is 2.41. The van der Waals surface area contributed by atoms with Crippen molar-refractivity contribution in [1.82, 2.24) is 4.57 Å². The third kappa shape index (κ3) is 1.55. The number of nitrogens with zero attached hydrogens (tertiary/aromatic N) is 1. The van der Waals surface area contributed by atoms with Gasteiger partial charge in [0, 0.05) is 27.7 Å². The number of fused-ring (bicyclic) bond motifs is 1. The summed E-state index contributed by atoms with van der Waals surface area (Å²) in [4.78, 5) is 0. The van der Waals surface area contributed by atoms with E-state index >= 15 is 0 Å². The van der Waals surface area contributed by atoms with Crippen LogP contribution in [-0.2, 0) is 0 Å². The maximum absolute atomic E-state index is 6.02. The van der Waals surface area contributed by atoms with Crippen molar-refractivity contribution in [3.05, 3.63) is 34.5 Å². The summed E-state index contributed by atoms with van der Waals surface area (Å²) in [6, 6.07) is 6.61. The molecule has 0 aliphatic rings. The highest BCUT2D eigenvalue weighted by Crippen LogP contribution is 2.30. The standard InChI is InChI=1S/C13H16ClN/c1-8(2)15-10(4)9(3)12-7-11(14)5-6-13(12)15/h5-8H,1-4H3. The molecule has 2 rings (SSSR count). The normalized spacial score (nSPS) is 11.6. The summed E-state index contributed by atoms with van der Waals surface area (Å²) in [5.74, 6) is 0. The molecule has 1 nitrogen and oxygen atoms in total. The van der Waals surface area contributed by atoms with Gasteiger partial charge in [0.2, 0.25) is 0 Å². The summed E-state index contributed by atoms with van der Waals surface area (Å²) < 4.78 is 2.36. The van der Waals surface area contributed by atoms with Gasteiger partial charge in [0.15, 0.2) is 0 Å². The van der Waals surface area contributed by atoms with E-state index in [1.54, 1.807) is 0 Å². The lowest BCUT2D eigenvalue weighted by molar-refractivity contribution is 0.606. The molecule has 15 heavy (non-hydrogen) atoms. The molecule has 0 fully saturated rings. The van der Waals surface area contributed by atoms with Gasteiger partial charge in [-0.1, -0.05) is 11.6 Å². The van der Waals surface area contributed by atoms with Crippen molar-refractivity contribution in [2.24, 2.45) is 0 Å². The summed E-state index contributed by atoms with van der Waals surface area (Å²) in [7, 11) is 0. The van der Waals surface area contributed by atoms with Crippen LogP contribution in [0.1, 0.15) is 31.1 Å². The van der Waals surface area contributed by atoms with E-state index in [-0.39, 0.29) is 0 Å². The molecular weight excluding hydrogens is 206 g/mol. The zero-order valence-electron chi connectivity index (χ0n) is 9.63. The maximum Gasteiger partial charge on any atom is 0.0488 e. The number of hydrogen-bond acceptors (Lipinski definition) is 0. The second-order valence-electron chi connectivity index (χ2n) is 4.34. The number of hydrogen-bond donors (Lipinski definition) is 0. The Morgan fingerprint density at radius 3 is 2.47 bits per heavy atom. The lowest BCUT2D eigenvalue weighted by Crippen LogP contribution is -2.02. The van der Waals surface area contributed by atoms with E-state index in [0.29, 0.717) is 6.04 Å². The lowest BCUT2D eigenvalue weighted by Gasteiger charge is -2.12. The van der Waals surface area contributed by atoms with Crippen LogP contribution in [0.25, 0.3) is 10.9 Å². The highest BCUT2D eigenvalue weighted by molar-refractivity contribution is 6.31. The van der Waals surface area contributed by atoms with Gasteiger partial charge in [-0.2, -0.15) is 0 Å². The Morgan fingerprint density at radius 2 is 1.87 bits per heavy atom. The first-order chi connectivity index (χ1) is 7.02. The SMILES string of the molecule is Cc1c(C)n(C(C)C)c2ccc(Cl)cc12. The van der Waals surface area contributed by atoms with Crippen molar-refractivity contribution in [3.63, 3.8) is 0 Å². The van der Waals surface area contributed by atoms with Gasteiger partial charge in [0.1, 0.15) is 0 Å². The van der Waals surface area contributed by atoms with Gasteiger partial charge in [-0.05, 0) is 51.5 Å². The van der Waals surface area contributed by atoms with Crippen LogP contribution in [0.15, 0.2) is 18.2 Å². The molecule has 0 N–H and O–H groups in total. The molecule has 0 bridgehead atoms. The van der Waals surface area contributed by atoms with Gasteiger partial charge >= 0.3 is 0 Å². The quantitative estimate of drug-likeness (QED) is 0.669. The number of benzene rings is 1. The summed E-state index contributed by atoms with van der Waals surface area (Å²) in [6.07, 6.45) is 0. The molecule has 0 spiro atoms. The van der Waals surface area contributed by atoms with E-state index in [0.717, 1.165) is 5.02 Å². The van der Waals surface area contributed by atoms with Crippen LogP contribution in [0.3, 0.4) is 0 Å². The molecule has 0 unspecified atom stereocenters. The van der Waals surface area contributed by atoms with Gasteiger partial charge in [-0.25, -0.2) is 0 Å². The summed E-state index contributed by atoms with van der Waals surface area (Å²) >= 11 is 6.02. The van der Waals surface area contributed by atoms with E-state index in [4.69, 9.17) is 11.6 Å². The summed E-state index contributed by atoms with van der Waals surface area (Å²) in [5, 5.41) is 2.08. The van der Waals surface area contributed by atoms with Gasteiger partial charge < -0.3 is 4.57 Å². The molecule has 0 atom stereocenters. The third-order valence-electron chi connectivity index (χ3n) is 3.04. The fraction of sp³-hybridized carbons (Fsp3) is 0.385. The van der Waals surface area contributed by atoms with Crippen molar-refractivity contribution >= 4 is 22.5 Å². The zero-order valence-corrected chi connectivity index (χ0v) is 10.4. The topological polar surface area (TPSA) is 4.93 Å². The molecule has 0 saturated carbocycles. The minimum absolute atomic E-state index is 0.488. The number of aromatic nitrogens is 1. The van der Waals surface area contributed by atoms with E-state index in [2.05, 4.69) is 44.4 Å². The van der Waals surface area contributed by atoms with Crippen LogP contribution in [0.5, 0.6) is 0 Å². The van der Waals surface area contributed by atoms with Crippen molar-refractivity contribution in [2.75, 3.05) is 0 Å². The first-order valence-electron chi connectivity index (χ1n) is 5.29. The lowest BCUT2D eigenvalue weighted by atomic mass is 10.2. The van der Waals surface area contributed by atoms with Crippen molar-refractivity contribution < 1.29 is 0 Å². The molecule has 2 heteroatoms. The minimum atomic E-state index is 0.488. The van der Waals surface area contributed by atoms with Crippen molar-refractivity contribution in [2.45, 2.75) is 33.7 Å². The second kappa shape index (κ2) is 3.57. The number of halogens is 1. The molecule has 0 radical (unpaired) electrons. The Bertz CT molecular complexity index is 509. The highest BCUT2D eigenvalue weighted by Gasteiger charge is 2.12. The fourth-order valence-corrected chi connectivity index (χ4v) is 2.41. The average molecular weight is 222 g/mol. The Balaban J connectivity index is 2.87. The molecule has 0 aliphatic heterocycles. The van der Waals surface area contributed by atoms with Crippen molar-refractivity contribution in [1.29, 1.82) is 0 Å². The first kappa shape index (κ1) is 10.6. The Morgan fingerprint density at radius 1 is 1.20 bits per heavy atom. The van der Waals surface area contributed by atoms with E-state index < -0.39 is 0 Å². The maximum atomic E-state index is 6.02. The van der Waals surface area contributed by atoms with E-state index in [1.165, 1.54) is 22.2 Å². The Kier molecular flexibility index (Phi) is 2.51. The second-order valence-corrected chi connectivity index (χ2v) is 4.77. The van der Waals surface area contributed by atoms with Gasteiger partial charge in [-0.15, -0.1) is 0 Å². The molecule has 0 amide bonds. The third-order valence-corrected chi connectivity index (χ3v) is 3.28. The largest absolute Gasteiger partial charge is 0.342 e. The van der Waals surface area contributed by atoms with Crippen LogP contribution in [0.4, 0.5) is 0 Å². The summed E-state index contributed by atoms with van der Waals surface area (Å²) in [6.45, 7) is 8.75. The Hall–Kier alpha value is -0.950. The monoisotopic (exact) mass is 221 g/mol. The van der Waals surface area contributed by atoms with E-state index in [1.807, 2.05) is 6.07 Å². The number of aryl methyl sites for hydroxylation is 1. The molecule has 80 valence electrons. The van der Waals surface area contributed by atoms with Crippen LogP contribution < -0.4 is 0 Å². The predicted octanol–water partition coefficient (Wildman–Crippen LogP) is 4.49. The molecule has 1 aromatic heterocycles. The first-order valence-corrected chi connectivity index (χ1v) is 5.67.